The van der Waals surface area contributed by atoms with Gasteiger partial charge in [-0.3, -0.25) is 0 Å². The predicted molar refractivity (Wildman–Crippen MR) is 121 cm³/mol. The Morgan fingerprint density at radius 2 is 1.70 bits per heavy atom. The third-order valence-corrected chi connectivity index (χ3v) is 7.25. The van der Waals surface area contributed by atoms with Gasteiger partial charge in [-0.1, -0.05) is 31.5 Å². The van der Waals surface area contributed by atoms with Crippen LogP contribution in [-0.2, 0) is 15.9 Å². The molecule has 4 heteroatoms. The molecule has 162 valence electrons. The molecule has 1 saturated heterocycles. The Morgan fingerprint density at radius 3 is 2.33 bits per heavy atom. The highest BCUT2D eigenvalue weighted by atomic mass is 16.7. The third kappa shape index (κ3) is 4.21. The normalized spacial score (nSPS) is 22.3. The van der Waals surface area contributed by atoms with Gasteiger partial charge in [0.05, 0.1) is 0 Å². The number of hydrogen-bond donors (Lipinski definition) is 1. The fraction of sp³-hybridized carbons (Fsp3) is 0.538. The molecule has 2 aromatic carbocycles. The van der Waals surface area contributed by atoms with Crippen LogP contribution in [0.15, 0.2) is 42.5 Å². The van der Waals surface area contributed by atoms with E-state index in [0.29, 0.717) is 23.5 Å². The van der Waals surface area contributed by atoms with E-state index < -0.39 is 0 Å². The van der Waals surface area contributed by atoms with Crippen molar-refractivity contribution in [3.63, 3.8) is 0 Å². The molecule has 2 aromatic rings. The minimum atomic E-state index is -0.0914. The first-order valence-electron chi connectivity index (χ1n) is 11.4. The zero-order valence-electron chi connectivity index (χ0n) is 18.5. The second-order valence-corrected chi connectivity index (χ2v) is 8.82. The first-order valence-corrected chi connectivity index (χ1v) is 11.4. The van der Waals surface area contributed by atoms with Crippen molar-refractivity contribution in [2.45, 2.75) is 51.2 Å². The van der Waals surface area contributed by atoms with Crippen LogP contribution in [0, 0.1) is 11.8 Å². The van der Waals surface area contributed by atoms with Crippen LogP contribution in [0.25, 0.3) is 0 Å². The Hall–Kier alpha value is -2.04. The number of fused-ring (bicyclic) bond motifs is 1. The summed E-state index contributed by atoms with van der Waals surface area (Å²) in [5.74, 6) is 1.92. The highest BCUT2D eigenvalue weighted by Gasteiger charge is 2.30. The number of benzene rings is 2. The van der Waals surface area contributed by atoms with Crippen molar-refractivity contribution in [1.82, 2.24) is 0 Å². The summed E-state index contributed by atoms with van der Waals surface area (Å²) in [5, 5.41) is 9.91. The van der Waals surface area contributed by atoms with Gasteiger partial charge in [0.15, 0.2) is 6.29 Å². The number of piperidine rings is 1. The van der Waals surface area contributed by atoms with Crippen molar-refractivity contribution >= 4 is 5.69 Å². The zero-order chi connectivity index (χ0) is 21.1. The van der Waals surface area contributed by atoms with Crippen LogP contribution in [0.1, 0.15) is 55.2 Å². The number of anilines is 1. The molecule has 0 bridgehead atoms. The molecular formula is C26H35NO3. The summed E-state index contributed by atoms with van der Waals surface area (Å²) >= 11 is 0. The first-order chi connectivity index (χ1) is 14.6. The van der Waals surface area contributed by atoms with E-state index in [4.69, 9.17) is 9.47 Å². The third-order valence-electron chi connectivity index (χ3n) is 7.25. The Bertz CT molecular complexity index is 823. The van der Waals surface area contributed by atoms with Crippen molar-refractivity contribution in [2.75, 3.05) is 32.2 Å². The fourth-order valence-corrected chi connectivity index (χ4v) is 5.57. The summed E-state index contributed by atoms with van der Waals surface area (Å²) in [6, 6.07) is 15.2. The summed E-state index contributed by atoms with van der Waals surface area (Å²) in [5.41, 5.74) is 5.40. The maximum atomic E-state index is 9.91. The fourth-order valence-electron chi connectivity index (χ4n) is 5.57. The van der Waals surface area contributed by atoms with Gasteiger partial charge in [-0.15, -0.1) is 0 Å². The predicted octanol–water partition coefficient (Wildman–Crippen LogP) is 5.33. The molecule has 1 N–H and O–H groups in total. The molecule has 4 nitrogen and oxygen atoms in total. The van der Waals surface area contributed by atoms with Crippen LogP contribution < -0.4 is 4.90 Å². The Labute approximate surface area is 180 Å². The summed E-state index contributed by atoms with van der Waals surface area (Å²) in [7, 11) is 3.46. The number of aryl methyl sites for hydroxylation is 1. The molecule has 30 heavy (non-hydrogen) atoms. The lowest BCUT2D eigenvalue weighted by atomic mass is 9.71. The van der Waals surface area contributed by atoms with E-state index in [9.17, 15) is 5.11 Å². The standard InChI is InChI=1S/C26H35NO3/c1-4-18-5-6-21-17-23(28)11-12-24(21)25(18)19-7-9-22(10-8-19)27-15-13-20(14-16-27)26(29-2)30-3/h7-12,17-18,20,25-26,28H,4-6,13-16H2,1-3H3/t18-,25+/m0/s1. The topological polar surface area (TPSA) is 41.9 Å². The van der Waals surface area contributed by atoms with E-state index in [2.05, 4.69) is 42.2 Å². The van der Waals surface area contributed by atoms with E-state index in [1.54, 1.807) is 14.2 Å². The van der Waals surface area contributed by atoms with Gasteiger partial charge >= 0.3 is 0 Å². The summed E-state index contributed by atoms with van der Waals surface area (Å²) in [6.07, 6.45) is 5.52. The van der Waals surface area contributed by atoms with Gasteiger partial charge in [0, 0.05) is 44.8 Å². The van der Waals surface area contributed by atoms with Gasteiger partial charge in [-0.2, -0.15) is 0 Å². The van der Waals surface area contributed by atoms with E-state index in [-0.39, 0.29) is 6.29 Å². The molecule has 4 rings (SSSR count). The average molecular weight is 410 g/mol. The zero-order valence-corrected chi connectivity index (χ0v) is 18.5. The van der Waals surface area contributed by atoms with Crippen LogP contribution in [0.3, 0.4) is 0 Å². The van der Waals surface area contributed by atoms with Gasteiger partial charge in [-0.25, -0.2) is 0 Å². The second kappa shape index (κ2) is 9.40. The highest BCUT2D eigenvalue weighted by molar-refractivity contribution is 5.51. The van der Waals surface area contributed by atoms with Crippen LogP contribution in [-0.4, -0.2) is 38.7 Å². The Kier molecular flexibility index (Phi) is 6.64. The maximum Gasteiger partial charge on any atom is 0.159 e. The molecule has 1 aliphatic carbocycles. The highest BCUT2D eigenvalue weighted by Crippen LogP contribution is 2.43. The van der Waals surface area contributed by atoms with E-state index >= 15 is 0 Å². The lowest BCUT2D eigenvalue weighted by Gasteiger charge is -2.37. The number of phenolic OH excluding ortho intramolecular Hbond substituents is 1. The number of methoxy groups -OCH3 is 2. The first kappa shape index (κ1) is 21.2. The minimum Gasteiger partial charge on any atom is -0.508 e. The average Bonchev–Trinajstić information content (AvgIpc) is 2.79. The van der Waals surface area contributed by atoms with Crippen LogP contribution >= 0.6 is 0 Å². The van der Waals surface area contributed by atoms with Gasteiger partial charge in [0.2, 0.25) is 0 Å². The number of ether oxygens (including phenoxy) is 2. The van der Waals surface area contributed by atoms with Crippen LogP contribution in [0.2, 0.25) is 0 Å². The largest absolute Gasteiger partial charge is 0.508 e. The van der Waals surface area contributed by atoms with Gasteiger partial charge in [-0.05, 0) is 72.6 Å². The SMILES string of the molecule is CC[C@H]1CCc2cc(O)ccc2[C@H]1c1ccc(N2CCC(C(OC)OC)CC2)cc1. The minimum absolute atomic E-state index is 0.0914. The lowest BCUT2D eigenvalue weighted by Crippen LogP contribution is -2.39. The molecule has 1 heterocycles. The molecule has 1 fully saturated rings. The van der Waals surface area contributed by atoms with Gasteiger partial charge in [0.1, 0.15) is 5.75 Å². The van der Waals surface area contributed by atoms with E-state index in [1.165, 1.54) is 35.2 Å². The molecule has 0 spiro atoms. The Balaban J connectivity index is 1.50. The number of phenols is 1. The molecule has 2 atom stereocenters. The van der Waals surface area contributed by atoms with Gasteiger partial charge < -0.3 is 19.5 Å². The molecule has 2 aliphatic rings. The summed E-state index contributed by atoms with van der Waals surface area (Å²) in [4.78, 5) is 2.48. The molecular weight excluding hydrogens is 374 g/mol. The summed E-state index contributed by atoms with van der Waals surface area (Å²) in [6.45, 7) is 4.38. The van der Waals surface area contributed by atoms with E-state index in [1.807, 2.05) is 12.1 Å². The molecule has 1 aliphatic heterocycles. The maximum absolute atomic E-state index is 9.91. The van der Waals surface area contributed by atoms with Crippen LogP contribution in [0.4, 0.5) is 5.69 Å². The van der Waals surface area contributed by atoms with Crippen molar-refractivity contribution in [3.05, 3.63) is 59.2 Å². The van der Waals surface area contributed by atoms with Gasteiger partial charge in [0.25, 0.3) is 0 Å². The molecule has 0 aromatic heterocycles. The smallest absolute Gasteiger partial charge is 0.159 e. The second-order valence-electron chi connectivity index (χ2n) is 8.82. The van der Waals surface area contributed by atoms with Crippen LogP contribution in [0.5, 0.6) is 5.75 Å². The van der Waals surface area contributed by atoms with Crippen molar-refractivity contribution in [1.29, 1.82) is 0 Å². The molecule has 0 saturated carbocycles. The number of aromatic hydroxyl groups is 1. The lowest BCUT2D eigenvalue weighted by molar-refractivity contribution is -0.141. The van der Waals surface area contributed by atoms with Crippen molar-refractivity contribution in [2.24, 2.45) is 11.8 Å². The van der Waals surface area contributed by atoms with Crippen molar-refractivity contribution in [3.8, 4) is 5.75 Å². The summed E-state index contributed by atoms with van der Waals surface area (Å²) < 4.78 is 10.9. The number of rotatable bonds is 6. The number of nitrogens with zero attached hydrogens (tertiary/aromatic N) is 1. The molecule has 0 amide bonds. The molecule has 0 radical (unpaired) electrons. The number of hydrogen-bond acceptors (Lipinski definition) is 4. The van der Waals surface area contributed by atoms with Crippen molar-refractivity contribution < 1.29 is 14.6 Å². The monoisotopic (exact) mass is 409 g/mol. The quantitative estimate of drug-likeness (QED) is 0.655. The molecule has 0 unspecified atom stereocenters. The Morgan fingerprint density at radius 1 is 1.00 bits per heavy atom. The van der Waals surface area contributed by atoms with E-state index in [0.717, 1.165) is 32.4 Å².